The summed E-state index contributed by atoms with van der Waals surface area (Å²) in [5.41, 5.74) is 30.2. The number of nitrogens with zero attached hydrogens (tertiary/aromatic N) is 24. The lowest BCUT2D eigenvalue weighted by molar-refractivity contribution is -0.183. The average Bonchev–Trinajstić information content (AvgIpc) is 1.61. The number of nitrogen functional groups attached to an aromatic ring is 1. The van der Waals surface area contributed by atoms with Gasteiger partial charge in [0.1, 0.15) is 73.4 Å². The molecule has 0 radical (unpaired) electrons. The van der Waals surface area contributed by atoms with Gasteiger partial charge in [-0.05, 0) is 119 Å². The third kappa shape index (κ3) is 27.9. The number of hydrogen-bond donors (Lipinski definition) is 6. The van der Waals surface area contributed by atoms with Gasteiger partial charge in [0.05, 0.1) is 62.3 Å². The van der Waals surface area contributed by atoms with Crippen LogP contribution in [0.5, 0.6) is 0 Å². The summed E-state index contributed by atoms with van der Waals surface area (Å²) in [4.78, 5) is 166. The Hall–Kier alpha value is -12.2. The average molecular weight is 1830 g/mol. The fourth-order valence-electron chi connectivity index (χ4n) is 13.3. The first-order valence-corrected chi connectivity index (χ1v) is 41.5. The van der Waals surface area contributed by atoms with E-state index in [-0.39, 0.29) is 41.6 Å². The van der Waals surface area contributed by atoms with E-state index in [1.165, 1.54) is 60.2 Å². The maximum Gasteiger partial charge on any atom is 0.408 e. The Bertz CT molecular complexity index is 5120. The van der Waals surface area contributed by atoms with Crippen LogP contribution in [-0.2, 0) is 71.3 Å². The number of aryl methyl sites for hydroxylation is 1. The van der Waals surface area contributed by atoms with Gasteiger partial charge in [-0.1, -0.05) is 117 Å². The van der Waals surface area contributed by atoms with Crippen LogP contribution in [0.1, 0.15) is 176 Å². The van der Waals surface area contributed by atoms with E-state index in [1.807, 2.05) is 27.7 Å². The zero-order chi connectivity index (χ0) is 98.4. The Morgan fingerprint density at radius 3 is 1.22 bits per heavy atom. The summed E-state index contributed by atoms with van der Waals surface area (Å²) in [6, 6.07) is 4.77. The number of esters is 5. The summed E-state index contributed by atoms with van der Waals surface area (Å²) < 4.78 is 61.6. The van der Waals surface area contributed by atoms with E-state index in [1.54, 1.807) is 162 Å². The van der Waals surface area contributed by atoms with Crippen molar-refractivity contribution in [3.63, 3.8) is 0 Å². The molecular weight excluding hydrogens is 1710 g/mol. The number of aliphatic imine (C=N–C) groups is 2. The van der Waals surface area contributed by atoms with Crippen molar-refractivity contribution in [2.45, 2.75) is 241 Å². The van der Waals surface area contributed by atoms with Gasteiger partial charge in [-0.3, -0.25) is 37.4 Å². The fraction of sp³-hybridized carbons (Fsp3) is 0.700. The number of aliphatic hydroxyl groups is 4. The number of ether oxygens (including phenoxy) is 10. The summed E-state index contributed by atoms with van der Waals surface area (Å²) in [5.74, 6) is -8.43. The molecule has 4 aliphatic rings. The minimum absolute atomic E-state index is 0.00318. The molecule has 50 nitrogen and oxygen atoms in total. The molecule has 0 bridgehead atoms. The first-order valence-electron chi connectivity index (χ1n) is 41.5. The third-order valence-electron chi connectivity index (χ3n) is 21.1. The van der Waals surface area contributed by atoms with Gasteiger partial charge < -0.3 is 88.6 Å². The predicted molar refractivity (Wildman–Crippen MR) is 464 cm³/mol. The fourth-order valence-corrected chi connectivity index (χ4v) is 13.3. The number of carbonyl (C=O) groups is 6. The molecule has 4 aliphatic heterocycles. The number of rotatable bonds is 31. The molecule has 4 saturated heterocycles. The monoisotopic (exact) mass is 1830 g/mol. The van der Waals surface area contributed by atoms with Crippen LogP contribution in [0.15, 0.2) is 98.7 Å². The number of nitrogens with one attached hydrogen (secondary N) is 1. The summed E-state index contributed by atoms with van der Waals surface area (Å²) in [5, 5.41) is 56.0. The number of amides is 1. The first-order chi connectivity index (χ1) is 60.5. The number of anilines is 1. The maximum atomic E-state index is 13.8. The molecule has 0 aromatic carbocycles. The number of aromatic nitrogens is 8. The topological polar surface area (TPSA) is 679 Å². The molecule has 8 rings (SSSR count). The van der Waals surface area contributed by atoms with Gasteiger partial charge >= 0.3 is 58.7 Å². The SMILES string of the molecule is CC(C)[C@H](CC(=O)OC(C)(C)C)C(=O)OC[C@@]1(N=[N+]=[N-])O[C@@H](n2ccc(N=CN(C)C)nc2=O)[C@@H](C)[C@@H]1OC(=O)[C@@H](NC(=O)OC(C)(C)C)C(C)C.C[C@@H]1[C@H](n2ccc(N)nc2=O)O[C@@](CO)(N=[N+]=[N-])[C@H]1O.C[C@@H]1[C@H](n2ccc(N=CN(C)C)nc2=O)O[C@@](CO)(N=[N+]=[N-])[C@H]1O.Cc1ccn([C@@H]2O[C@@](COC(=O)[C@@H](C)C(C)C)(N=[N+]=[N-])[C@@H](OC(=O)[C@@H](C)C(C)C)[C@@H]2C)c(=O)n1. The number of carbonyl (C=O) groups excluding carboxylic acids is 6. The highest BCUT2D eigenvalue weighted by molar-refractivity contribution is 5.82. The lowest BCUT2D eigenvalue weighted by Gasteiger charge is -2.32. The summed E-state index contributed by atoms with van der Waals surface area (Å²) in [6.45, 7) is 33.4. The van der Waals surface area contributed by atoms with Crippen molar-refractivity contribution in [3.05, 3.63) is 138 Å². The molecular formula is C80H122N26O24. The first kappa shape index (κ1) is 108. The van der Waals surface area contributed by atoms with Crippen LogP contribution < -0.4 is 33.8 Å². The Balaban J connectivity index is 0.000000328. The van der Waals surface area contributed by atoms with Crippen LogP contribution in [0, 0.1) is 72.0 Å². The van der Waals surface area contributed by atoms with Crippen molar-refractivity contribution in [2.75, 3.05) is 60.4 Å². The van der Waals surface area contributed by atoms with Gasteiger partial charge in [-0.15, -0.1) is 0 Å². The standard InChI is InChI=1S/C34H54N8O10.C23H35N5O6.C13H19N7O4.C10H14N6O4/c1-19(2)22(16-24(43)50-32(6,7)8)28(44)48-17-34(39-40-35)26(49-29(45)25(20(3)4)38-31(47)52-33(9,10)11)21(5)27(51-34)42-15-14-23(37-30(42)46)36-18-41(12)13;1-12(2)15(6)20(29)32-11-23(26-27-24)18(33-21(30)16(7)13(3)4)17(8)19(34-23)28-10-9-14(5)25-22(28)31;1-8-10(22)13(6-21,17-18-14)24-11(8)20-5-4-9(16-12(20)23)15-7-19(2)3;1-5-7(18)10(4-17,14-15-12)20-8(5)16-3-2-6(11)13-9(16)19/h14-15,18-22,25-27H,16-17H2,1-13H3,(H,38,47);9-10,12-13,15-19H,11H2,1-8H3;4-5,7-8,10-11,21-22H,6H2,1-3H3;2-3,5,7-8,17-18H,4H2,1H3,(H2,11,13,19)/t21-,22-,25-,26-,27+,34+;15-,16-,17-,18-,19+,23+;8-,10-,11+,13+;5-,7-,8+,10+/m0000/s1. The van der Waals surface area contributed by atoms with E-state index < -0.39 is 222 Å². The molecule has 0 saturated carbocycles. The Kier molecular flexibility index (Phi) is 38.6. The van der Waals surface area contributed by atoms with Gasteiger partial charge in [0.15, 0.2) is 23.1 Å². The zero-order valence-electron chi connectivity index (χ0n) is 77.6. The lowest BCUT2D eigenvalue weighted by atomic mass is 9.92. The highest BCUT2D eigenvalue weighted by Gasteiger charge is 2.61. The molecule has 1 amide bonds. The van der Waals surface area contributed by atoms with Gasteiger partial charge in [0.25, 0.3) is 0 Å². The van der Waals surface area contributed by atoms with E-state index in [4.69, 9.17) is 64.2 Å². The second-order valence-corrected chi connectivity index (χ2v) is 35.5. The van der Waals surface area contributed by atoms with Crippen molar-refractivity contribution < 1.29 is 96.6 Å². The number of alkyl carbamates (subject to hydrolysis) is 1. The van der Waals surface area contributed by atoms with E-state index in [9.17, 15) is 79.4 Å². The summed E-state index contributed by atoms with van der Waals surface area (Å²) >= 11 is 0. The molecule has 50 heteroatoms. The quantitative estimate of drug-likeness (QED) is 0.00533. The molecule has 716 valence electrons. The van der Waals surface area contributed by atoms with E-state index in [2.05, 4.69) is 75.3 Å². The molecule has 4 aromatic rings. The van der Waals surface area contributed by atoms with E-state index in [0.717, 1.165) is 13.7 Å². The third-order valence-corrected chi connectivity index (χ3v) is 21.1. The molecule has 8 heterocycles. The Morgan fingerprint density at radius 1 is 0.515 bits per heavy atom. The smallest absolute Gasteiger partial charge is 0.408 e. The molecule has 0 unspecified atom stereocenters. The van der Waals surface area contributed by atoms with Crippen molar-refractivity contribution in [3.8, 4) is 0 Å². The normalized spacial score (nSPS) is 26.0. The minimum atomic E-state index is -2.22. The number of nitrogens with two attached hydrogens (primary N) is 1. The highest BCUT2D eigenvalue weighted by Crippen LogP contribution is 2.48. The Labute approximate surface area is 748 Å². The molecule has 4 aromatic heterocycles. The number of azide groups is 4. The molecule has 0 spiro atoms. The number of hydrogen-bond acceptors (Lipinski definition) is 35. The van der Waals surface area contributed by atoms with Crippen LogP contribution in [0.2, 0.25) is 0 Å². The Morgan fingerprint density at radius 2 is 0.869 bits per heavy atom. The van der Waals surface area contributed by atoms with Crippen molar-refractivity contribution in [1.82, 2.24) is 53.3 Å². The maximum absolute atomic E-state index is 13.8. The van der Waals surface area contributed by atoms with Crippen molar-refractivity contribution >= 4 is 66.1 Å². The lowest BCUT2D eigenvalue weighted by Crippen LogP contribution is -2.52. The predicted octanol–water partition coefficient (Wildman–Crippen LogP) is 7.75. The zero-order valence-corrected chi connectivity index (χ0v) is 77.6. The van der Waals surface area contributed by atoms with Crippen LogP contribution in [0.25, 0.3) is 41.8 Å². The largest absolute Gasteiger partial charge is 0.462 e. The molecule has 0 aliphatic carbocycles. The molecule has 130 heavy (non-hydrogen) atoms. The van der Waals surface area contributed by atoms with Crippen LogP contribution in [-0.4, -0.2) is 236 Å². The molecule has 20 atom stereocenters. The van der Waals surface area contributed by atoms with Gasteiger partial charge in [0, 0.05) is 102 Å². The van der Waals surface area contributed by atoms with Crippen LogP contribution >= 0.6 is 0 Å². The van der Waals surface area contributed by atoms with Crippen molar-refractivity contribution in [1.29, 1.82) is 0 Å². The van der Waals surface area contributed by atoms with E-state index >= 15 is 0 Å². The summed E-state index contributed by atoms with van der Waals surface area (Å²) in [7, 11) is 7.06. The molecule has 7 N–H and O–H groups in total. The van der Waals surface area contributed by atoms with E-state index in [0.29, 0.717) is 5.69 Å². The van der Waals surface area contributed by atoms with Crippen LogP contribution in [0.3, 0.4) is 0 Å². The molecule has 4 fully saturated rings. The van der Waals surface area contributed by atoms with Gasteiger partial charge in [-0.2, -0.15) is 19.9 Å². The van der Waals surface area contributed by atoms with Crippen molar-refractivity contribution in [2.24, 2.45) is 95.5 Å². The highest BCUT2D eigenvalue weighted by atomic mass is 16.7. The summed E-state index contributed by atoms with van der Waals surface area (Å²) in [6.07, 6.45) is -1.76. The van der Waals surface area contributed by atoms with Gasteiger partial charge in [-0.25, -0.2) is 38.8 Å². The second-order valence-electron chi connectivity index (χ2n) is 35.5. The van der Waals surface area contributed by atoms with Gasteiger partial charge in [0.2, 0.25) is 11.4 Å². The van der Waals surface area contributed by atoms with Crippen LogP contribution in [0.4, 0.5) is 22.2 Å². The second kappa shape index (κ2) is 46.4. The minimum Gasteiger partial charge on any atom is -0.462 e. The number of aliphatic hydroxyl groups excluding tert-OH is 4.